The quantitative estimate of drug-likeness (QED) is 0.501. The molecule has 0 unspecified atom stereocenters. The Morgan fingerprint density at radius 1 is 1.24 bits per heavy atom. The van der Waals surface area contributed by atoms with Gasteiger partial charge in [-0.1, -0.05) is 29.8 Å². The lowest BCUT2D eigenvalue weighted by molar-refractivity contribution is 0.327. The number of aromatic nitrogens is 4. The van der Waals surface area contributed by atoms with Gasteiger partial charge in [0.2, 0.25) is 0 Å². The van der Waals surface area contributed by atoms with Gasteiger partial charge in [-0.3, -0.25) is 5.41 Å². The van der Waals surface area contributed by atoms with Gasteiger partial charge in [-0.15, -0.1) is 0 Å². The summed E-state index contributed by atoms with van der Waals surface area (Å²) in [5.41, 5.74) is 9.37. The first-order chi connectivity index (χ1) is 11.8. The third-order valence-electron chi connectivity index (χ3n) is 4.18. The number of hydrogen-bond acceptors (Lipinski definition) is 5. The first-order valence-electron chi connectivity index (χ1n) is 8.15. The van der Waals surface area contributed by atoms with Crippen LogP contribution in [0.3, 0.4) is 0 Å². The highest BCUT2D eigenvalue weighted by Gasteiger charge is 2.27. The second kappa shape index (κ2) is 6.16. The van der Waals surface area contributed by atoms with Crippen LogP contribution in [0.15, 0.2) is 30.6 Å². The lowest BCUT2D eigenvalue weighted by atomic mass is 10.1. The van der Waals surface area contributed by atoms with Crippen molar-refractivity contribution in [2.24, 2.45) is 0 Å². The van der Waals surface area contributed by atoms with E-state index in [1.165, 1.54) is 11.9 Å². The summed E-state index contributed by atoms with van der Waals surface area (Å²) in [5, 5.41) is 16.3. The number of hydrogen-bond donors (Lipinski definition) is 3. The van der Waals surface area contributed by atoms with Gasteiger partial charge in [-0.05, 0) is 27.7 Å². The van der Waals surface area contributed by atoms with Crippen molar-refractivity contribution in [3.05, 3.63) is 36.2 Å². The minimum Gasteiger partial charge on any atom is -0.383 e. The van der Waals surface area contributed by atoms with E-state index in [2.05, 4.69) is 15.3 Å². The Kier molecular flexibility index (Phi) is 4.16. The number of benzene rings is 1. The highest BCUT2D eigenvalue weighted by Crippen LogP contribution is 2.32. The van der Waals surface area contributed by atoms with Crippen molar-refractivity contribution in [3.8, 4) is 11.3 Å². The molecule has 4 N–H and O–H groups in total. The van der Waals surface area contributed by atoms with Gasteiger partial charge < -0.3 is 11.1 Å². The van der Waals surface area contributed by atoms with E-state index in [0.717, 1.165) is 16.6 Å². The van der Waals surface area contributed by atoms with Crippen molar-refractivity contribution < 1.29 is 0 Å². The fourth-order valence-corrected chi connectivity index (χ4v) is 2.73. The summed E-state index contributed by atoms with van der Waals surface area (Å²) in [7, 11) is 0. The summed E-state index contributed by atoms with van der Waals surface area (Å²) in [5.74, 6) is 0.830. The molecule has 0 aliphatic carbocycles. The average Bonchev–Trinajstić information content (AvgIpc) is 2.96. The maximum Gasteiger partial charge on any atom is 0.164 e. The predicted molar refractivity (Wildman–Crippen MR) is 101 cm³/mol. The number of nitrogens with two attached hydrogens (primary N) is 1. The monoisotopic (exact) mass is 337 g/mol. The van der Waals surface area contributed by atoms with E-state index in [1.54, 1.807) is 6.92 Å². The van der Waals surface area contributed by atoms with Crippen LogP contribution in [0.25, 0.3) is 22.3 Å². The molecule has 3 aromatic rings. The second-order valence-electron chi connectivity index (χ2n) is 6.87. The standard InChI is InChI=1S/C18H23N7/c1-11-5-7-13(8-6-11)15-14-16(20)22-10-23-17(14)25(24-15)18(3,4)9-21-12(2)19/h5-8,10H,9H2,1-4H3,(H2,19,21)(H2,20,22,23). The van der Waals surface area contributed by atoms with Crippen LogP contribution in [0, 0.1) is 12.3 Å². The summed E-state index contributed by atoms with van der Waals surface area (Å²) < 4.78 is 1.87. The number of nitrogen functional groups attached to an aromatic ring is 1. The molecule has 0 atom stereocenters. The molecule has 0 bridgehead atoms. The third-order valence-corrected chi connectivity index (χ3v) is 4.18. The van der Waals surface area contributed by atoms with Gasteiger partial charge in [0.25, 0.3) is 0 Å². The maximum absolute atomic E-state index is 7.61. The summed E-state index contributed by atoms with van der Waals surface area (Å²) in [4.78, 5) is 8.57. The zero-order valence-electron chi connectivity index (χ0n) is 15.0. The molecule has 0 aliphatic heterocycles. The lowest BCUT2D eigenvalue weighted by Gasteiger charge is -2.26. The molecular weight excluding hydrogens is 314 g/mol. The number of anilines is 1. The third kappa shape index (κ3) is 3.17. The van der Waals surface area contributed by atoms with Crippen LogP contribution in [0.5, 0.6) is 0 Å². The van der Waals surface area contributed by atoms with Gasteiger partial charge in [0.1, 0.15) is 17.8 Å². The lowest BCUT2D eigenvalue weighted by Crippen LogP contribution is -2.40. The predicted octanol–water partition coefficient (Wildman–Crippen LogP) is 2.71. The van der Waals surface area contributed by atoms with Gasteiger partial charge in [-0.25, -0.2) is 14.6 Å². The molecule has 130 valence electrons. The van der Waals surface area contributed by atoms with E-state index < -0.39 is 5.54 Å². The molecule has 0 saturated heterocycles. The molecule has 7 heteroatoms. The van der Waals surface area contributed by atoms with Crippen molar-refractivity contribution in [2.45, 2.75) is 33.2 Å². The van der Waals surface area contributed by atoms with E-state index in [-0.39, 0.29) is 0 Å². The normalized spacial score (nSPS) is 11.7. The Bertz CT molecular complexity index is 922. The molecular formula is C18H23N7. The van der Waals surface area contributed by atoms with Crippen molar-refractivity contribution in [1.29, 1.82) is 5.41 Å². The molecule has 1 aromatic carbocycles. The van der Waals surface area contributed by atoms with Gasteiger partial charge in [-0.2, -0.15) is 5.10 Å². The second-order valence-corrected chi connectivity index (χ2v) is 6.87. The van der Waals surface area contributed by atoms with Crippen LogP contribution < -0.4 is 11.1 Å². The van der Waals surface area contributed by atoms with Crippen molar-refractivity contribution in [3.63, 3.8) is 0 Å². The molecule has 3 rings (SSSR count). The SMILES string of the molecule is CC(=N)NCC(C)(C)n1nc(-c2ccc(C)cc2)c2c(N)ncnc21. The van der Waals surface area contributed by atoms with Gasteiger partial charge in [0.05, 0.1) is 16.8 Å². The fourth-order valence-electron chi connectivity index (χ4n) is 2.73. The molecule has 0 amide bonds. The zero-order valence-corrected chi connectivity index (χ0v) is 15.0. The number of aryl methyl sites for hydroxylation is 1. The summed E-state index contributed by atoms with van der Waals surface area (Å²) in [6.45, 7) is 8.41. The largest absolute Gasteiger partial charge is 0.383 e. The molecule has 25 heavy (non-hydrogen) atoms. The number of rotatable bonds is 4. The fraction of sp³-hybridized carbons (Fsp3) is 0.333. The van der Waals surface area contributed by atoms with Crippen LogP contribution in [0.4, 0.5) is 5.82 Å². The van der Waals surface area contributed by atoms with Crippen LogP contribution in [0.2, 0.25) is 0 Å². The first kappa shape index (κ1) is 16.9. The Morgan fingerprint density at radius 2 is 1.92 bits per heavy atom. The highest BCUT2D eigenvalue weighted by molar-refractivity contribution is 5.98. The van der Waals surface area contributed by atoms with Crippen molar-refractivity contribution >= 4 is 22.7 Å². The minimum atomic E-state index is -0.399. The van der Waals surface area contributed by atoms with Crippen molar-refractivity contribution in [2.75, 3.05) is 12.3 Å². The molecule has 2 heterocycles. The van der Waals surface area contributed by atoms with Crippen LogP contribution in [-0.4, -0.2) is 32.1 Å². The molecule has 0 saturated carbocycles. The highest BCUT2D eigenvalue weighted by atomic mass is 15.4. The molecule has 0 fully saturated rings. The Labute approximate surface area is 146 Å². The number of fused-ring (bicyclic) bond motifs is 1. The number of nitrogens with zero attached hydrogens (tertiary/aromatic N) is 4. The van der Waals surface area contributed by atoms with E-state index in [9.17, 15) is 0 Å². The average molecular weight is 337 g/mol. The van der Waals surface area contributed by atoms with Gasteiger partial charge in [0.15, 0.2) is 5.65 Å². The van der Waals surface area contributed by atoms with Crippen LogP contribution in [0.1, 0.15) is 26.3 Å². The zero-order chi connectivity index (χ0) is 18.2. The van der Waals surface area contributed by atoms with Gasteiger partial charge >= 0.3 is 0 Å². The molecule has 0 spiro atoms. The topological polar surface area (TPSA) is 106 Å². The van der Waals surface area contributed by atoms with E-state index >= 15 is 0 Å². The summed E-state index contributed by atoms with van der Waals surface area (Å²) >= 11 is 0. The van der Waals surface area contributed by atoms with Crippen LogP contribution >= 0.6 is 0 Å². The first-order valence-corrected chi connectivity index (χ1v) is 8.15. The van der Waals surface area contributed by atoms with E-state index in [4.69, 9.17) is 16.2 Å². The minimum absolute atomic E-state index is 0.399. The Hall–Kier alpha value is -2.96. The van der Waals surface area contributed by atoms with E-state index in [0.29, 0.717) is 23.8 Å². The molecule has 0 radical (unpaired) electrons. The molecule has 2 aromatic heterocycles. The van der Waals surface area contributed by atoms with Gasteiger partial charge in [0, 0.05) is 12.1 Å². The number of amidine groups is 1. The van der Waals surface area contributed by atoms with E-state index in [1.807, 2.05) is 49.7 Å². The number of nitrogens with one attached hydrogen (secondary N) is 2. The summed E-state index contributed by atoms with van der Waals surface area (Å²) in [6, 6.07) is 8.15. The smallest absolute Gasteiger partial charge is 0.164 e. The summed E-state index contributed by atoms with van der Waals surface area (Å²) in [6.07, 6.45) is 1.46. The Balaban J connectivity index is 2.19. The Morgan fingerprint density at radius 3 is 2.56 bits per heavy atom. The van der Waals surface area contributed by atoms with Crippen LogP contribution in [-0.2, 0) is 5.54 Å². The van der Waals surface area contributed by atoms with Crippen molar-refractivity contribution in [1.82, 2.24) is 25.1 Å². The molecule has 0 aliphatic rings. The maximum atomic E-state index is 7.61. The molecule has 7 nitrogen and oxygen atoms in total.